The normalized spacial score (nSPS) is 13.2. The maximum Gasteiger partial charge on any atom is 0.306 e. The van der Waals surface area contributed by atoms with Crippen LogP contribution in [0.4, 0.5) is 0 Å². The van der Waals surface area contributed by atoms with Gasteiger partial charge in [0, 0.05) is 19.3 Å². The van der Waals surface area contributed by atoms with E-state index < -0.39 is 6.10 Å². The predicted octanol–water partition coefficient (Wildman–Crippen LogP) is 22.9. The zero-order valence-electron chi connectivity index (χ0n) is 52.2. The summed E-state index contributed by atoms with van der Waals surface area (Å²) >= 11 is 0. The summed E-state index contributed by atoms with van der Waals surface area (Å²) in [5.74, 6) is -0.967. The van der Waals surface area contributed by atoms with Crippen LogP contribution < -0.4 is 0 Å². The number of hydrogen-bond donors (Lipinski definition) is 0. The van der Waals surface area contributed by atoms with Crippen molar-refractivity contribution in [3.05, 3.63) is 158 Å². The topological polar surface area (TPSA) is 78.9 Å². The van der Waals surface area contributed by atoms with E-state index in [1.54, 1.807) is 0 Å². The Morgan fingerprint density at radius 2 is 0.481 bits per heavy atom. The maximum absolute atomic E-state index is 12.9. The largest absolute Gasteiger partial charge is 0.462 e. The van der Waals surface area contributed by atoms with Crippen LogP contribution >= 0.6 is 0 Å². The fourth-order valence-electron chi connectivity index (χ4n) is 8.62. The van der Waals surface area contributed by atoms with Crippen molar-refractivity contribution in [1.29, 1.82) is 0 Å². The van der Waals surface area contributed by atoms with E-state index in [0.717, 1.165) is 148 Å². The van der Waals surface area contributed by atoms with Crippen molar-refractivity contribution in [2.75, 3.05) is 13.2 Å². The summed E-state index contributed by atoms with van der Waals surface area (Å²) in [5, 5.41) is 0. The van der Waals surface area contributed by atoms with Crippen LogP contribution in [-0.4, -0.2) is 37.2 Å². The van der Waals surface area contributed by atoms with E-state index in [-0.39, 0.29) is 31.1 Å². The molecule has 0 saturated heterocycles. The molecular formula is C75H120O6. The van der Waals surface area contributed by atoms with Gasteiger partial charge in [0.15, 0.2) is 6.10 Å². The second-order valence-electron chi connectivity index (χ2n) is 21.3. The van der Waals surface area contributed by atoms with Gasteiger partial charge in [0.05, 0.1) is 0 Å². The van der Waals surface area contributed by atoms with E-state index in [2.05, 4.69) is 179 Å². The van der Waals surface area contributed by atoms with Crippen molar-refractivity contribution < 1.29 is 28.6 Å². The second kappa shape index (κ2) is 67.5. The van der Waals surface area contributed by atoms with Crippen molar-refractivity contribution in [3.63, 3.8) is 0 Å². The molecule has 1 unspecified atom stereocenters. The van der Waals surface area contributed by atoms with Gasteiger partial charge < -0.3 is 14.2 Å². The number of hydrogen-bond acceptors (Lipinski definition) is 6. The first-order valence-electron chi connectivity index (χ1n) is 33.0. The van der Waals surface area contributed by atoms with Gasteiger partial charge in [-0.3, -0.25) is 14.4 Å². The Kier molecular flexibility index (Phi) is 63.4. The first-order chi connectivity index (χ1) is 40.0. The van der Waals surface area contributed by atoms with Crippen LogP contribution in [0.5, 0.6) is 0 Å². The highest BCUT2D eigenvalue weighted by molar-refractivity contribution is 5.71. The maximum atomic E-state index is 12.9. The van der Waals surface area contributed by atoms with Crippen LogP contribution in [-0.2, 0) is 28.6 Å². The number of rotatable bonds is 58. The molecule has 456 valence electrons. The highest BCUT2D eigenvalue weighted by Crippen LogP contribution is 2.14. The molecule has 0 aromatic rings. The molecule has 0 radical (unpaired) electrons. The summed E-state index contributed by atoms with van der Waals surface area (Å²) in [6, 6.07) is 0. The molecule has 0 heterocycles. The standard InChI is InChI=1S/C75H120O6/c1-4-7-10-13-16-19-22-25-28-30-32-34-35-36-37-38-39-41-42-44-47-50-53-56-59-62-65-68-74(77)80-71-72(70-79-73(76)67-64-61-58-55-52-49-46-27-24-21-18-15-12-9-6-3)81-75(78)69-66-63-60-57-54-51-48-45-43-40-33-31-29-26-23-20-17-14-11-8-5-2/h7-8,10-11,16-17,19-20,25-29,32-34,36-37,39-41,44,46-47,53,56,72H,4-6,9,12-15,18,21-24,30-31,35,38,42-43,45,48-52,54-55,57-71H2,1-3H3/b10-7-,11-8-,19-16-,20-17-,28-25-,29-26-,34-32-,37-36-,40-33-,41-39-,46-27-,47-44-,56-53-. The fourth-order valence-corrected chi connectivity index (χ4v) is 8.62. The SMILES string of the molecule is CC/C=C\C/C=C\C/C=C\C/C=C\C/C=C\C/C=C\C/C=C\C/C=C\CCCCC(=O)OCC(COC(=O)CCCCCCC/C=C\CCCCCCCC)OC(=O)CCCCCCCCCC/C=C\C/C=C\C/C=C\C/C=C\CC. The Morgan fingerprint density at radius 1 is 0.259 bits per heavy atom. The van der Waals surface area contributed by atoms with E-state index in [1.807, 2.05) is 0 Å². The Morgan fingerprint density at radius 3 is 0.790 bits per heavy atom. The number of allylic oxidation sites excluding steroid dienone is 26. The minimum Gasteiger partial charge on any atom is -0.462 e. The van der Waals surface area contributed by atoms with Crippen molar-refractivity contribution in [1.82, 2.24) is 0 Å². The van der Waals surface area contributed by atoms with Crippen molar-refractivity contribution in [2.24, 2.45) is 0 Å². The van der Waals surface area contributed by atoms with Gasteiger partial charge in [-0.05, 0) is 148 Å². The molecule has 0 amide bonds. The van der Waals surface area contributed by atoms with E-state index in [0.29, 0.717) is 25.7 Å². The second-order valence-corrected chi connectivity index (χ2v) is 21.3. The van der Waals surface area contributed by atoms with E-state index in [4.69, 9.17) is 14.2 Å². The molecule has 0 aromatic heterocycles. The summed E-state index contributed by atoms with van der Waals surface area (Å²) in [6.07, 6.45) is 98.2. The highest BCUT2D eigenvalue weighted by atomic mass is 16.6. The minimum absolute atomic E-state index is 0.105. The lowest BCUT2D eigenvalue weighted by atomic mass is 10.1. The van der Waals surface area contributed by atoms with Crippen LogP contribution in [0.25, 0.3) is 0 Å². The summed E-state index contributed by atoms with van der Waals surface area (Å²) in [4.78, 5) is 38.4. The van der Waals surface area contributed by atoms with Gasteiger partial charge in [-0.1, -0.05) is 269 Å². The molecule has 0 N–H and O–H groups in total. The molecule has 0 aliphatic carbocycles. The van der Waals surface area contributed by atoms with Gasteiger partial charge in [-0.25, -0.2) is 0 Å². The summed E-state index contributed by atoms with van der Waals surface area (Å²) in [6.45, 7) is 6.36. The van der Waals surface area contributed by atoms with Crippen LogP contribution in [0.3, 0.4) is 0 Å². The van der Waals surface area contributed by atoms with Gasteiger partial charge >= 0.3 is 17.9 Å². The zero-order valence-corrected chi connectivity index (χ0v) is 52.2. The van der Waals surface area contributed by atoms with Crippen LogP contribution in [0.2, 0.25) is 0 Å². The lowest BCUT2D eigenvalue weighted by molar-refractivity contribution is -0.167. The van der Waals surface area contributed by atoms with E-state index in [9.17, 15) is 14.4 Å². The van der Waals surface area contributed by atoms with E-state index in [1.165, 1.54) is 83.5 Å². The average Bonchev–Trinajstić information content (AvgIpc) is 3.47. The minimum atomic E-state index is -0.813. The molecule has 1 atom stereocenters. The summed E-state index contributed by atoms with van der Waals surface area (Å²) < 4.78 is 16.9. The van der Waals surface area contributed by atoms with Crippen molar-refractivity contribution in [3.8, 4) is 0 Å². The van der Waals surface area contributed by atoms with Gasteiger partial charge in [-0.15, -0.1) is 0 Å². The first-order valence-corrected chi connectivity index (χ1v) is 33.0. The molecule has 6 nitrogen and oxygen atoms in total. The molecule has 0 rings (SSSR count). The number of ether oxygens (including phenoxy) is 3. The van der Waals surface area contributed by atoms with Crippen LogP contribution in [0.1, 0.15) is 278 Å². The molecule has 6 heteroatoms. The van der Waals surface area contributed by atoms with Crippen LogP contribution in [0, 0.1) is 0 Å². The number of unbranched alkanes of at least 4 members (excludes halogenated alkanes) is 21. The summed E-state index contributed by atoms with van der Waals surface area (Å²) in [5.41, 5.74) is 0. The van der Waals surface area contributed by atoms with E-state index >= 15 is 0 Å². The first kappa shape index (κ1) is 76.0. The number of carbonyl (C=O) groups is 3. The molecule has 0 aliphatic heterocycles. The third kappa shape index (κ3) is 65.7. The molecule has 0 bridgehead atoms. The summed E-state index contributed by atoms with van der Waals surface area (Å²) in [7, 11) is 0. The molecule has 0 fully saturated rings. The molecule has 0 aliphatic rings. The molecular weight excluding hydrogens is 997 g/mol. The zero-order chi connectivity index (χ0) is 58.5. The Labute approximate surface area is 499 Å². The van der Waals surface area contributed by atoms with Gasteiger partial charge in [0.1, 0.15) is 13.2 Å². The molecule has 0 spiro atoms. The Bertz CT molecular complexity index is 1810. The number of carbonyl (C=O) groups excluding carboxylic acids is 3. The monoisotopic (exact) mass is 1120 g/mol. The quantitative estimate of drug-likeness (QED) is 0.0261. The van der Waals surface area contributed by atoms with Gasteiger partial charge in [-0.2, -0.15) is 0 Å². The van der Waals surface area contributed by atoms with Gasteiger partial charge in [0.25, 0.3) is 0 Å². The molecule has 0 aromatic carbocycles. The lowest BCUT2D eigenvalue weighted by Crippen LogP contribution is -2.30. The molecule has 81 heavy (non-hydrogen) atoms. The Hall–Kier alpha value is -4.97. The van der Waals surface area contributed by atoms with Crippen molar-refractivity contribution in [2.45, 2.75) is 284 Å². The highest BCUT2D eigenvalue weighted by Gasteiger charge is 2.19. The fraction of sp³-hybridized carbons (Fsp3) is 0.613. The predicted molar refractivity (Wildman–Crippen MR) is 352 cm³/mol. The third-order valence-electron chi connectivity index (χ3n) is 13.5. The average molecular weight is 1120 g/mol. The lowest BCUT2D eigenvalue weighted by Gasteiger charge is -2.18. The smallest absolute Gasteiger partial charge is 0.306 e. The van der Waals surface area contributed by atoms with Crippen LogP contribution in [0.15, 0.2) is 158 Å². The third-order valence-corrected chi connectivity index (χ3v) is 13.5. The number of esters is 3. The van der Waals surface area contributed by atoms with Crippen molar-refractivity contribution >= 4 is 17.9 Å². The van der Waals surface area contributed by atoms with Gasteiger partial charge in [0.2, 0.25) is 0 Å². The Balaban J connectivity index is 4.49. The molecule has 0 saturated carbocycles.